The lowest BCUT2D eigenvalue weighted by molar-refractivity contribution is 0.215. The van der Waals surface area contributed by atoms with Gasteiger partial charge in [0.25, 0.3) is 0 Å². The smallest absolute Gasteiger partial charge is 0.130 e. The summed E-state index contributed by atoms with van der Waals surface area (Å²) >= 11 is 5.64. The molecule has 0 spiro atoms. The molecule has 0 heterocycles. The Bertz CT molecular complexity index is 584. The van der Waals surface area contributed by atoms with Crippen molar-refractivity contribution in [2.45, 2.75) is 13.0 Å². The van der Waals surface area contributed by atoms with E-state index in [1.54, 1.807) is 6.92 Å². The molecule has 1 nitrogen and oxygen atoms in total. The lowest BCUT2D eigenvalue weighted by atomic mass is 9.99. The average molecular weight is 269 g/mol. The van der Waals surface area contributed by atoms with Crippen LogP contribution in [-0.4, -0.2) is 5.11 Å². The van der Waals surface area contributed by atoms with E-state index in [-0.39, 0.29) is 16.4 Å². The van der Waals surface area contributed by atoms with Gasteiger partial charge in [0.2, 0.25) is 0 Å². The van der Waals surface area contributed by atoms with E-state index in [4.69, 9.17) is 11.6 Å². The molecule has 2 rings (SSSR count). The molecular formula is C14H11ClF2O. The van der Waals surface area contributed by atoms with Crippen LogP contribution in [0.15, 0.2) is 36.4 Å². The molecule has 2 aromatic rings. The monoisotopic (exact) mass is 268 g/mol. The molecule has 0 aliphatic rings. The zero-order valence-corrected chi connectivity index (χ0v) is 10.4. The number of rotatable bonds is 2. The Labute approximate surface area is 109 Å². The molecule has 94 valence electrons. The molecule has 0 aliphatic carbocycles. The summed E-state index contributed by atoms with van der Waals surface area (Å²) in [7, 11) is 0. The van der Waals surface area contributed by atoms with E-state index in [1.807, 2.05) is 0 Å². The van der Waals surface area contributed by atoms with Gasteiger partial charge in [-0.2, -0.15) is 0 Å². The van der Waals surface area contributed by atoms with Crippen LogP contribution in [0.3, 0.4) is 0 Å². The number of benzene rings is 2. The molecule has 1 atom stereocenters. The van der Waals surface area contributed by atoms with Crippen LogP contribution < -0.4 is 0 Å². The van der Waals surface area contributed by atoms with Crippen molar-refractivity contribution in [3.63, 3.8) is 0 Å². The van der Waals surface area contributed by atoms with Crippen LogP contribution in [0.25, 0.3) is 0 Å². The zero-order chi connectivity index (χ0) is 13.3. The van der Waals surface area contributed by atoms with Crippen LogP contribution in [0.2, 0.25) is 5.02 Å². The fraction of sp³-hybridized carbons (Fsp3) is 0.143. The van der Waals surface area contributed by atoms with Crippen molar-refractivity contribution in [1.29, 1.82) is 0 Å². The third-order valence-corrected chi connectivity index (χ3v) is 2.99. The van der Waals surface area contributed by atoms with E-state index in [0.29, 0.717) is 11.1 Å². The highest BCUT2D eigenvalue weighted by Gasteiger charge is 2.16. The second-order valence-corrected chi connectivity index (χ2v) is 4.51. The molecular weight excluding hydrogens is 258 g/mol. The van der Waals surface area contributed by atoms with Crippen molar-refractivity contribution in [2.75, 3.05) is 0 Å². The molecule has 0 fully saturated rings. The number of hydrogen-bond donors (Lipinski definition) is 1. The summed E-state index contributed by atoms with van der Waals surface area (Å²) in [4.78, 5) is 0. The first-order chi connectivity index (χ1) is 8.49. The molecule has 0 amide bonds. The number of aryl methyl sites for hydroxylation is 1. The highest BCUT2D eigenvalue weighted by atomic mass is 35.5. The molecule has 0 aliphatic heterocycles. The van der Waals surface area contributed by atoms with Gasteiger partial charge >= 0.3 is 0 Å². The Kier molecular flexibility index (Phi) is 3.64. The third-order valence-electron chi connectivity index (χ3n) is 2.75. The number of aliphatic hydroxyl groups excluding tert-OH is 1. The summed E-state index contributed by atoms with van der Waals surface area (Å²) in [5.41, 5.74) is 0.960. The summed E-state index contributed by atoms with van der Waals surface area (Å²) < 4.78 is 26.8. The van der Waals surface area contributed by atoms with Crippen molar-refractivity contribution in [3.8, 4) is 0 Å². The fourth-order valence-electron chi connectivity index (χ4n) is 1.74. The first kappa shape index (κ1) is 13.0. The maximum absolute atomic E-state index is 13.6. The van der Waals surface area contributed by atoms with Crippen molar-refractivity contribution >= 4 is 11.6 Å². The third kappa shape index (κ3) is 2.52. The van der Waals surface area contributed by atoms with E-state index in [9.17, 15) is 13.9 Å². The summed E-state index contributed by atoms with van der Waals surface area (Å²) in [6, 6.07) is 8.23. The molecule has 0 saturated heterocycles. The van der Waals surface area contributed by atoms with Gasteiger partial charge in [0.1, 0.15) is 17.7 Å². The van der Waals surface area contributed by atoms with E-state index in [1.165, 1.54) is 30.3 Å². The molecule has 4 heteroatoms. The molecule has 18 heavy (non-hydrogen) atoms. The fourth-order valence-corrected chi connectivity index (χ4v) is 1.90. The standard InChI is InChI=1S/C14H11ClF2O/c1-8-6-9(2-5-12(8)16)14(18)11-4-3-10(15)7-13(11)17/h2-7,14,18H,1H3. The highest BCUT2D eigenvalue weighted by Crippen LogP contribution is 2.27. The minimum atomic E-state index is -1.14. The lowest BCUT2D eigenvalue weighted by Crippen LogP contribution is -2.03. The predicted molar refractivity (Wildman–Crippen MR) is 66.6 cm³/mol. The molecule has 0 radical (unpaired) electrons. The number of hydrogen-bond acceptors (Lipinski definition) is 1. The van der Waals surface area contributed by atoms with Crippen LogP contribution in [-0.2, 0) is 0 Å². The largest absolute Gasteiger partial charge is 0.384 e. The number of aliphatic hydroxyl groups is 1. The SMILES string of the molecule is Cc1cc(C(O)c2ccc(Cl)cc2F)ccc1F. The maximum Gasteiger partial charge on any atom is 0.130 e. The molecule has 0 aromatic heterocycles. The number of halogens is 3. The van der Waals surface area contributed by atoms with Gasteiger partial charge in [0.05, 0.1) is 0 Å². The van der Waals surface area contributed by atoms with Gasteiger partial charge in [0, 0.05) is 10.6 Å². The minimum Gasteiger partial charge on any atom is -0.384 e. The van der Waals surface area contributed by atoms with Crippen molar-refractivity contribution in [1.82, 2.24) is 0 Å². The molecule has 1 N–H and O–H groups in total. The van der Waals surface area contributed by atoms with Gasteiger partial charge < -0.3 is 5.11 Å². The summed E-state index contributed by atoms with van der Waals surface area (Å²) in [6.45, 7) is 1.59. The maximum atomic E-state index is 13.6. The second-order valence-electron chi connectivity index (χ2n) is 4.08. The normalized spacial score (nSPS) is 12.5. The molecule has 0 saturated carbocycles. The minimum absolute atomic E-state index is 0.116. The Morgan fingerprint density at radius 2 is 1.78 bits per heavy atom. The van der Waals surface area contributed by atoms with Crippen LogP contribution >= 0.6 is 11.6 Å². The van der Waals surface area contributed by atoms with E-state index in [2.05, 4.69) is 0 Å². The Balaban J connectivity index is 2.41. The molecule has 1 unspecified atom stereocenters. The van der Waals surface area contributed by atoms with Gasteiger partial charge in [-0.1, -0.05) is 29.8 Å². The zero-order valence-electron chi connectivity index (χ0n) is 9.62. The van der Waals surface area contributed by atoms with Gasteiger partial charge in [-0.3, -0.25) is 0 Å². The second kappa shape index (κ2) is 5.04. The van der Waals surface area contributed by atoms with Gasteiger partial charge in [-0.05, 0) is 36.2 Å². The Morgan fingerprint density at radius 3 is 2.39 bits per heavy atom. The van der Waals surface area contributed by atoms with Crippen LogP contribution in [0.5, 0.6) is 0 Å². The van der Waals surface area contributed by atoms with E-state index in [0.717, 1.165) is 6.07 Å². The Morgan fingerprint density at radius 1 is 1.06 bits per heavy atom. The topological polar surface area (TPSA) is 20.2 Å². The molecule has 0 bridgehead atoms. The van der Waals surface area contributed by atoms with Crippen LogP contribution in [0.4, 0.5) is 8.78 Å². The summed E-state index contributed by atoms with van der Waals surface area (Å²) in [6.07, 6.45) is -1.14. The van der Waals surface area contributed by atoms with Crippen molar-refractivity contribution in [2.24, 2.45) is 0 Å². The van der Waals surface area contributed by atoms with Crippen molar-refractivity contribution in [3.05, 3.63) is 69.7 Å². The lowest BCUT2D eigenvalue weighted by Gasteiger charge is -2.13. The van der Waals surface area contributed by atoms with Crippen molar-refractivity contribution < 1.29 is 13.9 Å². The first-order valence-electron chi connectivity index (χ1n) is 5.38. The van der Waals surface area contributed by atoms with Crippen LogP contribution in [0, 0.1) is 18.6 Å². The summed E-state index contributed by atoms with van der Waals surface area (Å²) in [5, 5.41) is 10.3. The summed E-state index contributed by atoms with van der Waals surface area (Å²) in [5.74, 6) is -0.945. The van der Waals surface area contributed by atoms with E-state index >= 15 is 0 Å². The van der Waals surface area contributed by atoms with E-state index < -0.39 is 11.9 Å². The van der Waals surface area contributed by atoms with Crippen LogP contribution in [0.1, 0.15) is 22.8 Å². The van der Waals surface area contributed by atoms with Gasteiger partial charge in [-0.25, -0.2) is 8.78 Å². The van der Waals surface area contributed by atoms with Gasteiger partial charge in [0.15, 0.2) is 0 Å². The predicted octanol–water partition coefficient (Wildman–Crippen LogP) is 4.01. The van der Waals surface area contributed by atoms with Gasteiger partial charge in [-0.15, -0.1) is 0 Å². The highest BCUT2D eigenvalue weighted by molar-refractivity contribution is 6.30. The average Bonchev–Trinajstić information content (AvgIpc) is 2.32. The molecule has 2 aromatic carbocycles. The Hall–Kier alpha value is -1.45. The first-order valence-corrected chi connectivity index (χ1v) is 5.76. The quantitative estimate of drug-likeness (QED) is 0.873.